The van der Waals surface area contributed by atoms with Gasteiger partial charge in [-0.05, 0) is 54.4 Å². The van der Waals surface area contributed by atoms with Crippen molar-refractivity contribution in [3.05, 3.63) is 63.6 Å². The third kappa shape index (κ3) is 2.83. The molecule has 0 amide bonds. The average Bonchev–Trinajstić information content (AvgIpc) is 3.24. The van der Waals surface area contributed by atoms with E-state index in [4.69, 9.17) is 17.3 Å². The lowest BCUT2D eigenvalue weighted by molar-refractivity contribution is 0.591. The summed E-state index contributed by atoms with van der Waals surface area (Å²) in [7, 11) is -3.40. The third-order valence-electron chi connectivity index (χ3n) is 4.12. The van der Waals surface area contributed by atoms with Crippen LogP contribution in [0.3, 0.4) is 0 Å². The zero-order valence-corrected chi connectivity index (χ0v) is 14.8. The van der Waals surface area contributed by atoms with Crippen molar-refractivity contribution >= 4 is 37.4 Å². The predicted octanol–water partition coefficient (Wildman–Crippen LogP) is 3.62. The van der Waals surface area contributed by atoms with Crippen molar-refractivity contribution in [1.82, 2.24) is 0 Å². The minimum Gasteiger partial charge on any atom is -0.330 e. The monoisotopic (exact) mass is 399 g/mol. The third-order valence-corrected chi connectivity index (χ3v) is 7.19. The van der Waals surface area contributed by atoms with Crippen LogP contribution in [0, 0.1) is 5.92 Å². The number of halogens is 2. The highest BCUT2D eigenvalue weighted by Gasteiger charge is 2.57. The molecule has 0 bridgehead atoms. The number of rotatable bonds is 4. The molecule has 2 N–H and O–H groups in total. The van der Waals surface area contributed by atoms with Gasteiger partial charge in [0.25, 0.3) is 0 Å². The lowest BCUT2D eigenvalue weighted by atomic mass is 10.1. The molecule has 116 valence electrons. The topological polar surface area (TPSA) is 60.2 Å². The number of sulfone groups is 1. The predicted molar refractivity (Wildman–Crippen MR) is 91.9 cm³/mol. The fourth-order valence-corrected chi connectivity index (χ4v) is 5.56. The molecule has 3 rings (SSSR count). The number of hydrogen-bond acceptors (Lipinski definition) is 3. The van der Waals surface area contributed by atoms with E-state index >= 15 is 0 Å². The SMILES string of the molecule is NC[C@@H]1[C@H](c2ccc(Br)cc2)[C@H]1S(=O)(=O)c1ccc(Cl)cc1. The molecule has 0 saturated heterocycles. The molecule has 3 nitrogen and oxygen atoms in total. The molecule has 1 aliphatic carbocycles. The van der Waals surface area contributed by atoms with E-state index in [0.717, 1.165) is 10.0 Å². The van der Waals surface area contributed by atoms with Crippen molar-refractivity contribution in [1.29, 1.82) is 0 Å². The molecule has 2 aromatic carbocycles. The van der Waals surface area contributed by atoms with Crippen LogP contribution in [-0.4, -0.2) is 20.2 Å². The fourth-order valence-electron chi connectivity index (χ4n) is 2.95. The summed E-state index contributed by atoms with van der Waals surface area (Å²) in [6.07, 6.45) is 0. The molecule has 3 atom stereocenters. The van der Waals surface area contributed by atoms with Gasteiger partial charge in [0.05, 0.1) is 10.1 Å². The Hall–Kier alpha value is -0.880. The van der Waals surface area contributed by atoms with Crippen molar-refractivity contribution in [2.24, 2.45) is 11.7 Å². The maximum atomic E-state index is 12.8. The van der Waals surface area contributed by atoms with Crippen molar-refractivity contribution in [3.63, 3.8) is 0 Å². The largest absolute Gasteiger partial charge is 0.330 e. The maximum absolute atomic E-state index is 12.8. The zero-order valence-electron chi connectivity index (χ0n) is 11.6. The Morgan fingerprint density at radius 3 is 2.18 bits per heavy atom. The second-order valence-corrected chi connectivity index (χ2v) is 8.90. The summed E-state index contributed by atoms with van der Waals surface area (Å²) >= 11 is 9.22. The summed E-state index contributed by atoms with van der Waals surface area (Å²) in [5, 5.41) is 0.0643. The first-order valence-corrected chi connectivity index (χ1v) is 9.62. The smallest absolute Gasteiger partial charge is 0.182 e. The van der Waals surface area contributed by atoms with Crippen LogP contribution in [0.2, 0.25) is 5.02 Å². The van der Waals surface area contributed by atoms with Crippen LogP contribution in [0.15, 0.2) is 57.9 Å². The zero-order chi connectivity index (χ0) is 15.9. The summed E-state index contributed by atoms with van der Waals surface area (Å²) in [4.78, 5) is 0.306. The molecule has 0 heterocycles. The van der Waals surface area contributed by atoms with Crippen LogP contribution in [0.4, 0.5) is 0 Å². The van der Waals surface area contributed by atoms with E-state index in [9.17, 15) is 8.42 Å². The standard InChI is InChI=1S/C16H15BrClNO2S/c17-11-3-1-10(2-4-11)15-14(9-19)16(15)22(20,21)13-7-5-12(18)6-8-13/h1-8,14-16H,9,19H2/t14-,15+,16+/m1/s1. The van der Waals surface area contributed by atoms with Gasteiger partial charge in [-0.25, -0.2) is 8.42 Å². The van der Waals surface area contributed by atoms with E-state index in [-0.39, 0.29) is 11.8 Å². The number of nitrogens with two attached hydrogens (primary N) is 1. The van der Waals surface area contributed by atoms with Gasteiger partial charge in [-0.1, -0.05) is 39.7 Å². The van der Waals surface area contributed by atoms with Gasteiger partial charge in [-0.3, -0.25) is 0 Å². The molecular weight excluding hydrogens is 386 g/mol. The van der Waals surface area contributed by atoms with E-state index in [1.165, 1.54) is 0 Å². The molecule has 1 aliphatic rings. The highest BCUT2D eigenvalue weighted by atomic mass is 79.9. The van der Waals surface area contributed by atoms with E-state index in [1.54, 1.807) is 24.3 Å². The lowest BCUT2D eigenvalue weighted by Crippen LogP contribution is -2.13. The first kappa shape index (κ1) is 16.0. The maximum Gasteiger partial charge on any atom is 0.182 e. The summed E-state index contributed by atoms with van der Waals surface area (Å²) in [5.41, 5.74) is 6.80. The van der Waals surface area contributed by atoms with E-state index in [2.05, 4.69) is 15.9 Å². The first-order valence-electron chi connectivity index (χ1n) is 6.90. The Balaban J connectivity index is 1.93. The van der Waals surface area contributed by atoms with Crippen molar-refractivity contribution in [3.8, 4) is 0 Å². The molecule has 1 fully saturated rings. The van der Waals surface area contributed by atoms with Gasteiger partial charge in [0.1, 0.15) is 0 Å². The molecule has 22 heavy (non-hydrogen) atoms. The molecular formula is C16H15BrClNO2S. The summed E-state index contributed by atoms with van der Waals surface area (Å²) in [5.74, 6) is -0.0827. The fraction of sp³-hybridized carbons (Fsp3) is 0.250. The van der Waals surface area contributed by atoms with Gasteiger partial charge >= 0.3 is 0 Å². The van der Waals surface area contributed by atoms with Crippen LogP contribution in [0.5, 0.6) is 0 Å². The van der Waals surface area contributed by atoms with E-state index < -0.39 is 15.1 Å². The Morgan fingerprint density at radius 2 is 1.64 bits per heavy atom. The van der Waals surface area contributed by atoms with Gasteiger partial charge < -0.3 is 5.73 Å². The highest BCUT2D eigenvalue weighted by molar-refractivity contribution is 9.10. The Morgan fingerprint density at radius 1 is 1.05 bits per heavy atom. The Bertz CT molecular complexity index is 775. The molecule has 0 aliphatic heterocycles. The highest BCUT2D eigenvalue weighted by Crippen LogP contribution is 2.53. The van der Waals surface area contributed by atoms with Gasteiger partial charge in [-0.2, -0.15) is 0 Å². The van der Waals surface area contributed by atoms with Crippen LogP contribution in [0.25, 0.3) is 0 Å². The lowest BCUT2D eigenvalue weighted by Gasteiger charge is -2.05. The van der Waals surface area contributed by atoms with Crippen LogP contribution in [-0.2, 0) is 9.84 Å². The van der Waals surface area contributed by atoms with Gasteiger partial charge in [0, 0.05) is 15.4 Å². The second-order valence-electron chi connectivity index (χ2n) is 5.44. The van der Waals surface area contributed by atoms with Crippen molar-refractivity contribution in [2.45, 2.75) is 16.1 Å². The van der Waals surface area contributed by atoms with Crippen LogP contribution < -0.4 is 5.73 Å². The van der Waals surface area contributed by atoms with Gasteiger partial charge in [0.15, 0.2) is 9.84 Å². The van der Waals surface area contributed by atoms with Gasteiger partial charge in [0.2, 0.25) is 0 Å². The minimum atomic E-state index is -3.40. The van der Waals surface area contributed by atoms with Gasteiger partial charge in [-0.15, -0.1) is 0 Å². The average molecular weight is 401 g/mol. The molecule has 2 aromatic rings. The molecule has 0 radical (unpaired) electrons. The van der Waals surface area contributed by atoms with Crippen molar-refractivity contribution < 1.29 is 8.42 Å². The summed E-state index contributed by atoms with van der Waals surface area (Å²) < 4.78 is 26.6. The Labute approximate surface area is 143 Å². The Kier molecular flexibility index (Phi) is 4.34. The summed E-state index contributed by atoms with van der Waals surface area (Å²) in [6, 6.07) is 14.1. The van der Waals surface area contributed by atoms with E-state index in [1.807, 2.05) is 24.3 Å². The first-order chi connectivity index (χ1) is 10.4. The van der Waals surface area contributed by atoms with Crippen LogP contribution >= 0.6 is 27.5 Å². The summed E-state index contributed by atoms with van der Waals surface area (Å²) in [6.45, 7) is 0.359. The quantitative estimate of drug-likeness (QED) is 0.852. The van der Waals surface area contributed by atoms with E-state index in [0.29, 0.717) is 16.5 Å². The second kappa shape index (κ2) is 5.96. The molecule has 0 unspecified atom stereocenters. The number of hydrogen-bond donors (Lipinski definition) is 1. The minimum absolute atomic E-state index is 0.0400. The van der Waals surface area contributed by atoms with Crippen LogP contribution in [0.1, 0.15) is 11.5 Å². The molecule has 6 heteroatoms. The number of benzene rings is 2. The normalized spacial score (nSPS) is 24.2. The molecule has 0 aromatic heterocycles. The molecule has 1 saturated carbocycles. The molecule has 0 spiro atoms. The van der Waals surface area contributed by atoms with Crippen molar-refractivity contribution in [2.75, 3.05) is 6.54 Å².